The number of nitrogens with zero attached hydrogens (tertiary/aromatic N) is 1. The number of hydrogen-bond acceptors (Lipinski definition) is 4. The van der Waals surface area contributed by atoms with E-state index in [9.17, 15) is 8.42 Å². The molecule has 0 spiro atoms. The van der Waals surface area contributed by atoms with Crippen molar-refractivity contribution in [2.24, 2.45) is 4.99 Å². The largest absolute Gasteiger partial charge is 0.497 e. The van der Waals surface area contributed by atoms with E-state index in [4.69, 9.17) is 16.3 Å². The molecule has 1 aliphatic rings. The Bertz CT molecular complexity index is 947. The molecule has 5 nitrogen and oxygen atoms in total. The quantitative estimate of drug-likeness (QED) is 0.886. The second-order valence-corrected chi connectivity index (χ2v) is 7.64. The number of amidine groups is 1. The summed E-state index contributed by atoms with van der Waals surface area (Å²) in [4.78, 5) is 4.65. The molecule has 1 aliphatic heterocycles. The Labute approximate surface area is 152 Å². The Morgan fingerprint density at radius 3 is 2.32 bits per heavy atom. The fraction of sp³-hybridized carbons (Fsp3) is 0.167. The Kier molecular flexibility index (Phi) is 4.83. The van der Waals surface area contributed by atoms with E-state index in [1.807, 2.05) is 24.3 Å². The zero-order valence-corrected chi connectivity index (χ0v) is 15.4. The lowest BCUT2D eigenvalue weighted by atomic mass is 10.1. The Morgan fingerprint density at radius 1 is 1.08 bits per heavy atom. The number of aliphatic imine (C=N–C) groups is 1. The van der Waals surface area contributed by atoms with Crippen LogP contribution in [0, 0.1) is 0 Å². The van der Waals surface area contributed by atoms with Crippen LogP contribution in [0.4, 0.5) is 0 Å². The van der Waals surface area contributed by atoms with Crippen molar-refractivity contribution in [1.82, 2.24) is 4.72 Å². The Morgan fingerprint density at radius 2 is 1.72 bits per heavy atom. The summed E-state index contributed by atoms with van der Waals surface area (Å²) in [5.41, 5.74) is 2.14. The van der Waals surface area contributed by atoms with Crippen molar-refractivity contribution in [2.45, 2.75) is 13.5 Å². The van der Waals surface area contributed by atoms with Gasteiger partial charge in [0.2, 0.25) is 0 Å². The van der Waals surface area contributed by atoms with Crippen LogP contribution in [-0.4, -0.2) is 21.4 Å². The normalized spacial score (nSPS) is 17.6. The molecule has 0 unspecified atom stereocenters. The predicted molar refractivity (Wildman–Crippen MR) is 100 cm³/mol. The summed E-state index contributed by atoms with van der Waals surface area (Å²) in [5, 5.41) is 0.554. The molecule has 130 valence electrons. The van der Waals surface area contributed by atoms with Gasteiger partial charge < -0.3 is 4.74 Å². The number of halogens is 1. The molecule has 0 aromatic heterocycles. The molecule has 25 heavy (non-hydrogen) atoms. The van der Waals surface area contributed by atoms with E-state index >= 15 is 0 Å². The van der Waals surface area contributed by atoms with Gasteiger partial charge in [-0.05, 0) is 42.3 Å². The van der Waals surface area contributed by atoms with E-state index in [1.54, 1.807) is 38.3 Å². The molecule has 2 aromatic rings. The SMILES string of the molecule is COc1ccc(CN=C2NS(=O)(=O)C(c3ccc(Cl)cc3)=C2C)cc1. The number of ether oxygens (including phenoxy) is 1. The summed E-state index contributed by atoms with van der Waals surface area (Å²) < 4.78 is 32.6. The predicted octanol–water partition coefficient (Wildman–Crippen LogP) is 3.61. The summed E-state index contributed by atoms with van der Waals surface area (Å²) >= 11 is 5.88. The molecule has 0 saturated carbocycles. The van der Waals surface area contributed by atoms with Gasteiger partial charge in [-0.2, -0.15) is 0 Å². The first-order valence-corrected chi connectivity index (χ1v) is 9.44. The highest BCUT2D eigenvalue weighted by Crippen LogP contribution is 2.30. The lowest BCUT2D eigenvalue weighted by Crippen LogP contribution is -2.23. The molecule has 0 aliphatic carbocycles. The van der Waals surface area contributed by atoms with Crippen LogP contribution in [0.1, 0.15) is 18.1 Å². The van der Waals surface area contributed by atoms with Crippen LogP contribution in [0.15, 0.2) is 59.1 Å². The third-order valence-electron chi connectivity index (χ3n) is 3.88. The highest BCUT2D eigenvalue weighted by molar-refractivity contribution is 8.00. The van der Waals surface area contributed by atoms with Crippen LogP contribution in [0.25, 0.3) is 4.91 Å². The zero-order valence-electron chi connectivity index (χ0n) is 13.8. The molecule has 1 N–H and O–H groups in total. The van der Waals surface area contributed by atoms with Crippen LogP contribution in [-0.2, 0) is 16.6 Å². The topological polar surface area (TPSA) is 67.8 Å². The van der Waals surface area contributed by atoms with Crippen LogP contribution < -0.4 is 9.46 Å². The Balaban J connectivity index is 1.91. The molecular weight excluding hydrogens is 360 g/mol. The van der Waals surface area contributed by atoms with Crippen LogP contribution in [0.2, 0.25) is 5.02 Å². The van der Waals surface area contributed by atoms with Crippen molar-refractivity contribution in [1.29, 1.82) is 0 Å². The number of methoxy groups -OCH3 is 1. The number of nitrogens with one attached hydrogen (secondary N) is 1. The lowest BCUT2D eigenvalue weighted by Gasteiger charge is -2.03. The summed E-state index contributed by atoms with van der Waals surface area (Å²) in [5.74, 6) is 1.12. The summed E-state index contributed by atoms with van der Waals surface area (Å²) in [6.07, 6.45) is 0. The highest BCUT2D eigenvalue weighted by Gasteiger charge is 2.32. The van der Waals surface area contributed by atoms with Gasteiger partial charge in [0, 0.05) is 10.6 Å². The minimum absolute atomic E-state index is 0.234. The smallest absolute Gasteiger partial charge is 0.264 e. The van der Waals surface area contributed by atoms with Crippen LogP contribution >= 0.6 is 11.6 Å². The van der Waals surface area contributed by atoms with Gasteiger partial charge in [-0.1, -0.05) is 35.9 Å². The Hall–Kier alpha value is -2.31. The van der Waals surface area contributed by atoms with Crippen LogP contribution in [0.5, 0.6) is 5.75 Å². The van der Waals surface area contributed by atoms with Crippen molar-refractivity contribution >= 4 is 32.4 Å². The van der Waals surface area contributed by atoms with Gasteiger partial charge in [0.1, 0.15) is 16.5 Å². The maximum Gasteiger partial charge on any atom is 0.264 e. The molecule has 0 bridgehead atoms. The second kappa shape index (κ2) is 6.90. The van der Waals surface area contributed by atoms with Gasteiger partial charge >= 0.3 is 0 Å². The van der Waals surface area contributed by atoms with Gasteiger partial charge in [-0.3, -0.25) is 9.71 Å². The van der Waals surface area contributed by atoms with E-state index in [0.717, 1.165) is 11.3 Å². The van der Waals surface area contributed by atoms with E-state index in [2.05, 4.69) is 9.71 Å². The standard InChI is InChI=1S/C18H17ClN2O3S/c1-12-17(14-5-7-15(19)8-6-14)25(22,23)21-18(12)20-11-13-3-9-16(24-2)10-4-13/h3-10H,11H2,1-2H3,(H,20,21). The number of sulfonamides is 1. The highest BCUT2D eigenvalue weighted by atomic mass is 35.5. The fourth-order valence-corrected chi connectivity index (χ4v) is 4.24. The molecule has 0 atom stereocenters. The molecule has 2 aromatic carbocycles. The molecule has 0 radical (unpaired) electrons. The summed E-state index contributed by atoms with van der Waals surface area (Å²) in [7, 11) is -2.02. The lowest BCUT2D eigenvalue weighted by molar-refractivity contribution is 0.414. The second-order valence-electron chi connectivity index (χ2n) is 5.58. The van der Waals surface area contributed by atoms with E-state index in [-0.39, 0.29) is 4.91 Å². The maximum atomic E-state index is 12.5. The summed E-state index contributed by atoms with van der Waals surface area (Å²) in [6, 6.07) is 14.2. The van der Waals surface area contributed by atoms with E-state index in [0.29, 0.717) is 28.5 Å². The van der Waals surface area contributed by atoms with E-state index in [1.165, 1.54) is 0 Å². The average molecular weight is 377 g/mol. The van der Waals surface area contributed by atoms with Gasteiger partial charge in [-0.25, -0.2) is 8.42 Å². The first-order valence-electron chi connectivity index (χ1n) is 7.58. The van der Waals surface area contributed by atoms with Gasteiger partial charge in [-0.15, -0.1) is 0 Å². The van der Waals surface area contributed by atoms with Gasteiger partial charge in [0.25, 0.3) is 10.0 Å². The van der Waals surface area contributed by atoms with Crippen molar-refractivity contribution < 1.29 is 13.2 Å². The van der Waals surface area contributed by atoms with Gasteiger partial charge in [0.15, 0.2) is 0 Å². The average Bonchev–Trinajstić information content (AvgIpc) is 2.83. The minimum atomic E-state index is -3.63. The monoisotopic (exact) mass is 376 g/mol. The molecule has 0 saturated heterocycles. The van der Waals surface area contributed by atoms with E-state index < -0.39 is 10.0 Å². The van der Waals surface area contributed by atoms with Crippen molar-refractivity contribution in [2.75, 3.05) is 7.11 Å². The number of benzene rings is 2. The zero-order chi connectivity index (χ0) is 18.0. The van der Waals surface area contributed by atoms with Crippen molar-refractivity contribution in [3.8, 4) is 5.75 Å². The molecule has 7 heteroatoms. The molecule has 0 amide bonds. The molecule has 1 heterocycles. The third kappa shape index (κ3) is 3.70. The minimum Gasteiger partial charge on any atom is -0.497 e. The van der Waals surface area contributed by atoms with Crippen molar-refractivity contribution in [3.63, 3.8) is 0 Å². The molecule has 0 fully saturated rings. The summed E-state index contributed by atoms with van der Waals surface area (Å²) in [6.45, 7) is 2.11. The first-order chi connectivity index (χ1) is 11.9. The molecule has 3 rings (SSSR count). The first kappa shape index (κ1) is 17.5. The maximum absolute atomic E-state index is 12.5. The number of hydrogen-bond donors (Lipinski definition) is 1. The molecular formula is C18H17ClN2O3S. The van der Waals surface area contributed by atoms with Crippen LogP contribution in [0.3, 0.4) is 0 Å². The third-order valence-corrected chi connectivity index (χ3v) is 5.67. The van der Waals surface area contributed by atoms with Crippen molar-refractivity contribution in [3.05, 3.63) is 70.3 Å². The fourth-order valence-electron chi connectivity index (χ4n) is 2.59. The number of rotatable bonds is 4. The van der Waals surface area contributed by atoms with Gasteiger partial charge in [0.05, 0.1) is 13.7 Å².